The first-order chi connectivity index (χ1) is 14.9. The smallest absolute Gasteiger partial charge is 0.270 e. The van der Waals surface area contributed by atoms with Crippen LogP contribution >= 0.6 is 0 Å². The third-order valence-corrected chi connectivity index (χ3v) is 6.40. The molecule has 1 aliphatic carbocycles. The Hall–Kier alpha value is -3.20. The standard InChI is InChI=1S/C22H27N5O4/c1-13(20-21(31)26-22(27(20)12-29)6-4-3-5-7-22)16-8-15-10-23-18(25-19(30)11-28)9-17(15)24-14(16)2/h9-10,12,24,28H,3-8,11H2,1-2H3,(H,26,31)(H,23,25,30)/b20-13-. The van der Waals surface area contributed by atoms with Gasteiger partial charge in [-0.2, -0.15) is 0 Å². The molecule has 1 saturated heterocycles. The fraction of sp³-hybridized carbons (Fsp3) is 0.455. The molecule has 31 heavy (non-hydrogen) atoms. The Morgan fingerprint density at radius 3 is 2.77 bits per heavy atom. The highest BCUT2D eigenvalue weighted by Crippen LogP contribution is 2.40. The van der Waals surface area contributed by atoms with E-state index in [0.29, 0.717) is 17.9 Å². The van der Waals surface area contributed by atoms with Crippen LogP contribution in [0.3, 0.4) is 0 Å². The van der Waals surface area contributed by atoms with Crippen molar-refractivity contribution in [1.82, 2.24) is 15.2 Å². The first-order valence-corrected chi connectivity index (χ1v) is 10.5. The average Bonchev–Trinajstić information content (AvgIpc) is 3.03. The van der Waals surface area contributed by atoms with E-state index in [0.717, 1.165) is 66.6 Å². The van der Waals surface area contributed by atoms with Gasteiger partial charge in [-0.1, -0.05) is 6.42 Å². The molecule has 2 fully saturated rings. The summed E-state index contributed by atoms with van der Waals surface area (Å²) in [4.78, 5) is 42.3. The number of nitrogens with zero attached hydrogens (tertiary/aromatic N) is 2. The molecule has 1 saturated carbocycles. The zero-order valence-corrected chi connectivity index (χ0v) is 17.7. The second kappa shape index (κ2) is 8.14. The van der Waals surface area contributed by atoms with E-state index in [9.17, 15) is 14.4 Å². The molecule has 9 heteroatoms. The van der Waals surface area contributed by atoms with Crippen molar-refractivity contribution in [3.63, 3.8) is 0 Å². The minimum absolute atomic E-state index is 0.210. The molecular formula is C22H27N5O4. The fourth-order valence-corrected chi connectivity index (χ4v) is 4.81. The molecule has 0 unspecified atom stereocenters. The molecule has 3 aliphatic rings. The van der Waals surface area contributed by atoms with Crippen molar-refractivity contribution >= 4 is 29.7 Å². The lowest BCUT2D eigenvalue weighted by molar-refractivity contribution is -0.121. The number of anilines is 2. The van der Waals surface area contributed by atoms with E-state index < -0.39 is 18.2 Å². The number of aliphatic hydroxyl groups excluding tert-OH is 1. The summed E-state index contributed by atoms with van der Waals surface area (Å²) in [6.45, 7) is 3.18. The Balaban J connectivity index is 1.66. The zero-order valence-electron chi connectivity index (χ0n) is 17.7. The van der Waals surface area contributed by atoms with Crippen molar-refractivity contribution in [3.8, 4) is 0 Å². The summed E-state index contributed by atoms with van der Waals surface area (Å²) in [7, 11) is 0. The normalized spacial score (nSPS) is 21.4. The van der Waals surface area contributed by atoms with E-state index in [1.54, 1.807) is 17.2 Å². The monoisotopic (exact) mass is 425 g/mol. The van der Waals surface area contributed by atoms with E-state index in [-0.39, 0.29) is 5.91 Å². The maximum Gasteiger partial charge on any atom is 0.270 e. The van der Waals surface area contributed by atoms with E-state index in [1.807, 2.05) is 13.8 Å². The van der Waals surface area contributed by atoms with Crippen molar-refractivity contribution in [2.75, 3.05) is 17.2 Å². The summed E-state index contributed by atoms with van der Waals surface area (Å²) < 4.78 is 0. The second-order valence-electron chi connectivity index (χ2n) is 8.33. The van der Waals surface area contributed by atoms with Crippen LogP contribution in [0.25, 0.3) is 0 Å². The molecule has 164 valence electrons. The maximum atomic E-state index is 12.9. The van der Waals surface area contributed by atoms with E-state index >= 15 is 0 Å². The Kier molecular flexibility index (Phi) is 5.53. The van der Waals surface area contributed by atoms with Crippen LogP contribution in [-0.4, -0.2) is 45.5 Å². The molecule has 2 aliphatic heterocycles. The number of allylic oxidation sites excluding steroid dienone is 3. The van der Waals surface area contributed by atoms with Crippen LogP contribution in [0, 0.1) is 0 Å². The number of pyridine rings is 1. The summed E-state index contributed by atoms with van der Waals surface area (Å²) in [5.41, 5.74) is 4.08. The summed E-state index contributed by atoms with van der Waals surface area (Å²) >= 11 is 0. The number of rotatable bonds is 4. The maximum absolute atomic E-state index is 12.9. The summed E-state index contributed by atoms with van der Waals surface area (Å²) in [6, 6.07) is 1.71. The highest BCUT2D eigenvalue weighted by atomic mass is 16.3. The van der Waals surface area contributed by atoms with Gasteiger partial charge in [-0.15, -0.1) is 0 Å². The van der Waals surface area contributed by atoms with Crippen molar-refractivity contribution in [3.05, 3.63) is 40.4 Å². The van der Waals surface area contributed by atoms with Crippen molar-refractivity contribution in [2.45, 2.75) is 58.0 Å². The molecule has 4 rings (SSSR count). The highest BCUT2D eigenvalue weighted by Gasteiger charge is 2.49. The molecule has 3 heterocycles. The number of hydrogen-bond acceptors (Lipinski definition) is 6. The van der Waals surface area contributed by atoms with Gasteiger partial charge in [0.15, 0.2) is 0 Å². The Morgan fingerprint density at radius 1 is 1.35 bits per heavy atom. The van der Waals surface area contributed by atoms with Gasteiger partial charge in [0.2, 0.25) is 6.41 Å². The van der Waals surface area contributed by atoms with E-state index in [4.69, 9.17) is 5.11 Å². The SMILES string of the molecule is CC1=C(/C(C)=C2/C(=O)NC3(CCCCC3)N2C=O)Cc2cnc(NC(=O)CO)cc2N1. The van der Waals surface area contributed by atoms with Crippen LogP contribution < -0.4 is 16.0 Å². The van der Waals surface area contributed by atoms with Crippen LogP contribution in [0.4, 0.5) is 11.5 Å². The first kappa shape index (κ1) is 21.0. The largest absolute Gasteiger partial charge is 0.387 e. The molecule has 1 spiro atoms. The summed E-state index contributed by atoms with van der Waals surface area (Å²) in [6.07, 6.45) is 7.58. The minimum atomic E-state index is -0.612. The minimum Gasteiger partial charge on any atom is -0.387 e. The van der Waals surface area contributed by atoms with Crippen LogP contribution in [0.2, 0.25) is 0 Å². The van der Waals surface area contributed by atoms with Gasteiger partial charge in [0, 0.05) is 30.1 Å². The average molecular weight is 425 g/mol. The molecule has 1 aromatic rings. The third-order valence-electron chi connectivity index (χ3n) is 6.40. The number of fused-ring (bicyclic) bond motifs is 1. The van der Waals surface area contributed by atoms with Gasteiger partial charge >= 0.3 is 0 Å². The molecule has 4 N–H and O–H groups in total. The molecule has 9 nitrogen and oxygen atoms in total. The Morgan fingerprint density at radius 2 is 2.10 bits per heavy atom. The topological polar surface area (TPSA) is 124 Å². The van der Waals surface area contributed by atoms with Crippen molar-refractivity contribution in [1.29, 1.82) is 0 Å². The van der Waals surface area contributed by atoms with Gasteiger partial charge in [0.1, 0.15) is 23.8 Å². The molecule has 0 atom stereocenters. The van der Waals surface area contributed by atoms with Gasteiger partial charge in [-0.05, 0) is 56.2 Å². The Bertz CT molecular complexity index is 1010. The van der Waals surface area contributed by atoms with Gasteiger partial charge in [-0.3, -0.25) is 19.3 Å². The van der Waals surface area contributed by atoms with Crippen LogP contribution in [-0.2, 0) is 20.8 Å². The number of nitrogens with one attached hydrogen (secondary N) is 3. The molecule has 0 bridgehead atoms. The number of aromatic nitrogens is 1. The molecule has 3 amide bonds. The third kappa shape index (κ3) is 3.69. The number of carbonyl (C=O) groups excluding carboxylic acids is 3. The van der Waals surface area contributed by atoms with E-state index in [1.165, 1.54) is 0 Å². The molecule has 1 aromatic heterocycles. The molecular weight excluding hydrogens is 398 g/mol. The van der Waals surface area contributed by atoms with Crippen molar-refractivity contribution < 1.29 is 19.5 Å². The number of aliphatic hydroxyl groups is 1. The van der Waals surface area contributed by atoms with E-state index in [2.05, 4.69) is 20.9 Å². The van der Waals surface area contributed by atoms with Gasteiger partial charge < -0.3 is 21.1 Å². The lowest BCUT2D eigenvalue weighted by atomic mass is 9.88. The predicted molar refractivity (Wildman–Crippen MR) is 115 cm³/mol. The van der Waals surface area contributed by atoms with Gasteiger partial charge in [-0.25, -0.2) is 4.98 Å². The molecule has 0 radical (unpaired) electrons. The Labute approximate surface area is 180 Å². The molecule has 0 aromatic carbocycles. The number of amides is 3. The fourth-order valence-electron chi connectivity index (χ4n) is 4.81. The second-order valence-corrected chi connectivity index (χ2v) is 8.33. The van der Waals surface area contributed by atoms with Gasteiger partial charge in [0.25, 0.3) is 11.8 Å². The van der Waals surface area contributed by atoms with Crippen molar-refractivity contribution in [2.24, 2.45) is 0 Å². The zero-order chi connectivity index (χ0) is 22.2. The summed E-state index contributed by atoms with van der Waals surface area (Å²) in [5, 5.41) is 17.8. The van der Waals surface area contributed by atoms with Crippen LogP contribution in [0.15, 0.2) is 34.8 Å². The quantitative estimate of drug-likeness (QED) is 0.431. The first-order valence-electron chi connectivity index (χ1n) is 10.5. The van der Waals surface area contributed by atoms with Gasteiger partial charge in [0.05, 0.1) is 0 Å². The number of carbonyl (C=O) groups is 3. The van der Waals surface area contributed by atoms with Crippen LogP contribution in [0.5, 0.6) is 0 Å². The lowest BCUT2D eigenvalue weighted by Crippen LogP contribution is -2.52. The lowest BCUT2D eigenvalue weighted by Gasteiger charge is -2.38. The summed E-state index contributed by atoms with van der Waals surface area (Å²) in [5.74, 6) is -0.398. The van der Waals surface area contributed by atoms with Crippen LogP contribution in [0.1, 0.15) is 51.5 Å². The highest BCUT2D eigenvalue weighted by molar-refractivity contribution is 6.00. The number of hydrogen-bond donors (Lipinski definition) is 4. The predicted octanol–water partition coefficient (Wildman–Crippen LogP) is 1.78.